The number of hydrogen-bond acceptors (Lipinski definition) is 3. The quantitative estimate of drug-likeness (QED) is 0.326. The molecule has 1 aliphatic heterocycles. The molecular formula is C24H16Cl6N2O3. The number of carbonyl (C=O) groups is 3. The van der Waals surface area contributed by atoms with Crippen LogP contribution in [0.15, 0.2) is 52.5 Å². The molecule has 5 nitrogen and oxygen atoms in total. The number of anilines is 2. The fourth-order valence-corrected chi connectivity index (χ4v) is 7.99. The van der Waals surface area contributed by atoms with Crippen LogP contribution in [0.2, 0.25) is 0 Å². The molecule has 3 aliphatic rings. The molecule has 2 aliphatic carbocycles. The first-order valence-corrected chi connectivity index (χ1v) is 12.7. The Morgan fingerprint density at radius 1 is 0.857 bits per heavy atom. The fourth-order valence-electron chi connectivity index (χ4n) is 5.06. The van der Waals surface area contributed by atoms with Crippen molar-refractivity contribution in [2.75, 3.05) is 10.2 Å². The van der Waals surface area contributed by atoms with Crippen LogP contribution in [0.25, 0.3) is 0 Å². The van der Waals surface area contributed by atoms with Crippen LogP contribution < -0.4 is 10.2 Å². The first-order chi connectivity index (χ1) is 16.3. The van der Waals surface area contributed by atoms with E-state index in [1.54, 1.807) is 18.2 Å². The van der Waals surface area contributed by atoms with E-state index in [-0.39, 0.29) is 21.3 Å². The molecular weight excluding hydrogens is 577 g/mol. The van der Waals surface area contributed by atoms with Crippen molar-refractivity contribution in [2.24, 2.45) is 11.8 Å². The number of carbonyl (C=O) groups excluding carboxylic acids is 3. The maximum Gasteiger partial charge on any atom is 0.255 e. The van der Waals surface area contributed by atoms with Crippen molar-refractivity contribution in [3.63, 3.8) is 0 Å². The molecule has 0 radical (unpaired) electrons. The van der Waals surface area contributed by atoms with E-state index in [0.29, 0.717) is 5.69 Å². The molecule has 182 valence electrons. The Morgan fingerprint density at radius 3 is 1.97 bits per heavy atom. The molecule has 0 spiro atoms. The van der Waals surface area contributed by atoms with Gasteiger partial charge in [0, 0.05) is 11.3 Å². The summed E-state index contributed by atoms with van der Waals surface area (Å²) in [6.45, 7) is 3.91. The molecule has 1 heterocycles. The van der Waals surface area contributed by atoms with Gasteiger partial charge in [0.1, 0.15) is 9.75 Å². The van der Waals surface area contributed by atoms with Gasteiger partial charge in [0.2, 0.25) is 11.8 Å². The second kappa shape index (κ2) is 8.01. The summed E-state index contributed by atoms with van der Waals surface area (Å²) in [6, 6.07) is 11.6. The number of fused-ring (bicyclic) bond motifs is 5. The number of hydrogen-bond donors (Lipinski definition) is 1. The van der Waals surface area contributed by atoms with Crippen LogP contribution in [0.1, 0.15) is 21.5 Å². The summed E-state index contributed by atoms with van der Waals surface area (Å²) in [4.78, 5) is 37.1. The van der Waals surface area contributed by atoms with Crippen molar-refractivity contribution >= 4 is 98.7 Å². The van der Waals surface area contributed by atoms with Crippen LogP contribution in [0.4, 0.5) is 11.4 Å². The van der Waals surface area contributed by atoms with Gasteiger partial charge in [-0.2, -0.15) is 0 Å². The van der Waals surface area contributed by atoms with Gasteiger partial charge in [0.25, 0.3) is 5.91 Å². The average molecular weight is 593 g/mol. The van der Waals surface area contributed by atoms with Gasteiger partial charge in [0.15, 0.2) is 4.33 Å². The lowest BCUT2D eigenvalue weighted by molar-refractivity contribution is -0.123. The van der Waals surface area contributed by atoms with Crippen LogP contribution in [0, 0.1) is 25.7 Å². The van der Waals surface area contributed by atoms with Crippen molar-refractivity contribution in [2.45, 2.75) is 27.9 Å². The fraction of sp³-hybridized carbons (Fsp3) is 0.292. The number of nitrogens with one attached hydrogen (secondary N) is 1. The number of amides is 3. The Balaban J connectivity index is 1.49. The summed E-state index contributed by atoms with van der Waals surface area (Å²) in [5, 5.41) is 2.50. The van der Waals surface area contributed by atoms with Crippen molar-refractivity contribution in [3.05, 3.63) is 69.2 Å². The highest BCUT2D eigenvalue weighted by Crippen LogP contribution is 2.77. The van der Waals surface area contributed by atoms with Gasteiger partial charge in [-0.3, -0.25) is 14.4 Å². The Labute approximate surface area is 231 Å². The molecule has 4 atom stereocenters. The van der Waals surface area contributed by atoms with Crippen molar-refractivity contribution in [1.82, 2.24) is 0 Å². The average Bonchev–Trinajstić information content (AvgIpc) is 3.20. The number of benzene rings is 2. The number of rotatable bonds is 3. The minimum Gasteiger partial charge on any atom is -0.322 e. The van der Waals surface area contributed by atoms with E-state index in [2.05, 4.69) is 5.32 Å². The van der Waals surface area contributed by atoms with Gasteiger partial charge in [-0.05, 0) is 55.3 Å². The number of nitrogens with zero attached hydrogens (tertiary/aromatic N) is 1. The predicted molar refractivity (Wildman–Crippen MR) is 140 cm³/mol. The summed E-state index contributed by atoms with van der Waals surface area (Å²) in [7, 11) is 0. The van der Waals surface area contributed by atoms with Crippen LogP contribution in [-0.2, 0) is 9.59 Å². The molecule has 1 N–H and O–H groups in total. The third kappa shape index (κ3) is 3.06. The Kier molecular flexibility index (Phi) is 5.77. The third-order valence-corrected chi connectivity index (χ3v) is 11.3. The number of allylic oxidation sites excluding steroid dienone is 2. The maximum atomic E-state index is 13.5. The van der Waals surface area contributed by atoms with E-state index in [9.17, 15) is 14.4 Å². The zero-order valence-electron chi connectivity index (χ0n) is 18.1. The minimum atomic E-state index is -2.00. The first kappa shape index (κ1) is 25.2. The molecule has 0 aromatic heterocycles. The Hall–Kier alpha value is -1.47. The van der Waals surface area contributed by atoms with Crippen LogP contribution in [0.5, 0.6) is 0 Å². The van der Waals surface area contributed by atoms with Gasteiger partial charge >= 0.3 is 0 Å². The highest BCUT2D eigenvalue weighted by molar-refractivity contribution is 6.67. The minimum absolute atomic E-state index is 0.161. The summed E-state index contributed by atoms with van der Waals surface area (Å²) in [5.41, 5.74) is 3.14. The topological polar surface area (TPSA) is 66.5 Å². The predicted octanol–water partition coefficient (Wildman–Crippen LogP) is 6.51. The van der Waals surface area contributed by atoms with Gasteiger partial charge in [-0.25, -0.2) is 4.90 Å². The van der Waals surface area contributed by atoms with Crippen LogP contribution >= 0.6 is 69.6 Å². The lowest BCUT2D eigenvalue weighted by atomic mass is 9.84. The molecule has 2 bridgehead atoms. The molecule has 3 amide bonds. The zero-order valence-corrected chi connectivity index (χ0v) is 22.7. The highest BCUT2D eigenvalue weighted by atomic mass is 35.5. The third-order valence-electron chi connectivity index (χ3n) is 7.04. The van der Waals surface area contributed by atoms with E-state index in [1.165, 1.54) is 12.1 Å². The molecule has 2 fully saturated rings. The van der Waals surface area contributed by atoms with Crippen molar-refractivity contribution in [1.29, 1.82) is 0 Å². The molecule has 0 unspecified atom stereocenters. The van der Waals surface area contributed by atoms with Gasteiger partial charge in [-0.15, -0.1) is 23.2 Å². The van der Waals surface area contributed by atoms with E-state index >= 15 is 0 Å². The summed E-state index contributed by atoms with van der Waals surface area (Å²) in [5.74, 6) is -4.26. The van der Waals surface area contributed by atoms with Gasteiger partial charge in [0.05, 0.1) is 27.6 Å². The molecule has 5 rings (SSSR count). The largest absolute Gasteiger partial charge is 0.322 e. The molecule has 1 saturated heterocycles. The van der Waals surface area contributed by atoms with Gasteiger partial charge < -0.3 is 5.32 Å². The number of alkyl halides is 4. The number of aryl methyl sites for hydroxylation is 2. The van der Waals surface area contributed by atoms with Crippen LogP contribution in [-0.4, -0.2) is 31.8 Å². The smallest absolute Gasteiger partial charge is 0.255 e. The summed E-state index contributed by atoms with van der Waals surface area (Å²) < 4.78 is -2.00. The van der Waals surface area contributed by atoms with E-state index in [0.717, 1.165) is 16.0 Å². The molecule has 11 heteroatoms. The molecule has 2 aromatic rings. The highest BCUT2D eigenvalue weighted by Gasteiger charge is 2.87. The maximum absolute atomic E-state index is 13.5. The van der Waals surface area contributed by atoms with E-state index in [1.807, 2.05) is 26.0 Å². The number of imide groups is 1. The first-order valence-electron chi connectivity index (χ1n) is 10.5. The standard InChI is InChI=1S/C24H16Cl6N2O3/c1-10-6-7-13(8-11(10)2)31-19(33)12-4-3-5-14(9-12)32-20(34)15-16(21(32)35)23(28)18(26)17(25)22(15,27)24(23,29)30/h3-9,15-16H,1-2H3,(H,31,33)/t15-,16+,22-,23-/m1/s1. The van der Waals surface area contributed by atoms with Crippen LogP contribution in [0.3, 0.4) is 0 Å². The molecule has 1 saturated carbocycles. The second-order valence-corrected chi connectivity index (χ2v) is 12.2. The molecule has 2 aromatic carbocycles. The van der Waals surface area contributed by atoms with E-state index in [4.69, 9.17) is 69.6 Å². The SMILES string of the molecule is Cc1ccc(NC(=O)c2cccc(N3C(=O)[C@@H]4[C@H](C3=O)[C@@]3(Cl)C(Cl)=C(Cl)[C@@]4(Cl)C3(Cl)Cl)c2)cc1C. The summed E-state index contributed by atoms with van der Waals surface area (Å²) in [6.07, 6.45) is 0. The second-order valence-electron chi connectivity index (χ2n) is 8.90. The Morgan fingerprint density at radius 2 is 1.43 bits per heavy atom. The molecule has 35 heavy (non-hydrogen) atoms. The van der Waals surface area contributed by atoms with E-state index < -0.39 is 43.6 Å². The summed E-state index contributed by atoms with van der Waals surface area (Å²) >= 11 is 39.2. The zero-order chi connectivity index (χ0) is 25.7. The lowest BCUT2D eigenvalue weighted by Gasteiger charge is -2.34. The van der Waals surface area contributed by atoms with Gasteiger partial charge in [-0.1, -0.05) is 58.5 Å². The monoisotopic (exact) mass is 590 g/mol. The van der Waals surface area contributed by atoms with Crippen molar-refractivity contribution in [3.8, 4) is 0 Å². The Bertz CT molecular complexity index is 1330. The lowest BCUT2D eigenvalue weighted by Crippen LogP contribution is -2.50. The normalized spacial score (nSPS) is 30.8. The van der Waals surface area contributed by atoms with Crippen molar-refractivity contribution < 1.29 is 14.4 Å². The number of halogens is 6.